The Morgan fingerprint density at radius 2 is 1.53 bits per heavy atom. The van der Waals surface area contributed by atoms with E-state index in [0.29, 0.717) is 11.2 Å². The van der Waals surface area contributed by atoms with Gasteiger partial charge in [0.25, 0.3) is 0 Å². The lowest BCUT2D eigenvalue weighted by Gasteiger charge is -2.25. The molecule has 0 N–H and O–H groups in total. The van der Waals surface area contributed by atoms with Crippen molar-refractivity contribution >= 4 is 11.8 Å². The van der Waals surface area contributed by atoms with E-state index in [2.05, 4.69) is 6.07 Å². The normalized spacial score (nSPS) is 26.3. The molecule has 0 aromatic rings. The van der Waals surface area contributed by atoms with Crippen molar-refractivity contribution in [3.63, 3.8) is 0 Å². The van der Waals surface area contributed by atoms with Gasteiger partial charge in [-0.2, -0.15) is 5.26 Å². The van der Waals surface area contributed by atoms with Crippen molar-refractivity contribution in [2.24, 2.45) is 5.92 Å². The first-order valence-electron chi connectivity index (χ1n) is 6.45. The number of hydrogen-bond acceptors (Lipinski definition) is 2. The Morgan fingerprint density at radius 3 is 2.13 bits per heavy atom. The van der Waals surface area contributed by atoms with Crippen molar-refractivity contribution in [2.75, 3.05) is 0 Å². The van der Waals surface area contributed by atoms with Gasteiger partial charge in [-0.25, -0.2) is 0 Å². The van der Waals surface area contributed by atoms with Crippen LogP contribution in [-0.4, -0.2) is 10.5 Å². The van der Waals surface area contributed by atoms with Crippen LogP contribution >= 0.6 is 11.8 Å². The molecule has 1 unspecified atom stereocenters. The first-order valence-corrected chi connectivity index (χ1v) is 7.39. The zero-order valence-electron chi connectivity index (χ0n) is 9.45. The molecule has 0 aromatic carbocycles. The highest BCUT2D eigenvalue weighted by atomic mass is 32.2. The van der Waals surface area contributed by atoms with Crippen LogP contribution in [0.4, 0.5) is 0 Å². The summed E-state index contributed by atoms with van der Waals surface area (Å²) < 4.78 is 0. The SMILES string of the molecule is N#CC(SC1CCCCC1)C1CCCC1. The van der Waals surface area contributed by atoms with Gasteiger partial charge in [0.15, 0.2) is 0 Å². The lowest BCUT2D eigenvalue weighted by molar-refractivity contribution is 0.509. The molecule has 0 aromatic heterocycles. The third-order valence-corrected chi connectivity index (χ3v) is 5.49. The number of nitrogens with zero attached hydrogens (tertiary/aromatic N) is 1. The van der Waals surface area contributed by atoms with Gasteiger partial charge in [-0.05, 0) is 31.6 Å². The zero-order valence-corrected chi connectivity index (χ0v) is 10.3. The van der Waals surface area contributed by atoms with Gasteiger partial charge >= 0.3 is 0 Å². The molecule has 2 heteroatoms. The number of rotatable bonds is 3. The van der Waals surface area contributed by atoms with Crippen LogP contribution in [0.5, 0.6) is 0 Å². The summed E-state index contributed by atoms with van der Waals surface area (Å²) in [5.41, 5.74) is 0. The van der Waals surface area contributed by atoms with Gasteiger partial charge in [-0.15, -0.1) is 11.8 Å². The average Bonchev–Trinajstić information content (AvgIpc) is 2.81. The Hall–Kier alpha value is -0.160. The molecular weight excluding hydrogens is 202 g/mol. The van der Waals surface area contributed by atoms with Crippen LogP contribution in [0, 0.1) is 17.2 Å². The first kappa shape index (κ1) is 11.3. The van der Waals surface area contributed by atoms with Crippen molar-refractivity contribution in [3.05, 3.63) is 0 Å². The topological polar surface area (TPSA) is 23.8 Å². The second-order valence-corrected chi connectivity index (χ2v) is 6.44. The molecule has 0 heterocycles. The molecule has 1 nitrogen and oxygen atoms in total. The minimum Gasteiger partial charge on any atom is -0.197 e. The minimum atomic E-state index is 0.301. The van der Waals surface area contributed by atoms with Crippen molar-refractivity contribution in [2.45, 2.75) is 68.3 Å². The van der Waals surface area contributed by atoms with Crippen LogP contribution < -0.4 is 0 Å². The van der Waals surface area contributed by atoms with Crippen molar-refractivity contribution in [1.29, 1.82) is 5.26 Å². The monoisotopic (exact) mass is 223 g/mol. The van der Waals surface area contributed by atoms with Gasteiger partial charge in [0.05, 0.1) is 11.3 Å². The summed E-state index contributed by atoms with van der Waals surface area (Å²) in [6.07, 6.45) is 12.2. The third-order valence-electron chi connectivity index (χ3n) is 3.85. The fourth-order valence-electron chi connectivity index (χ4n) is 2.92. The zero-order chi connectivity index (χ0) is 10.5. The van der Waals surface area contributed by atoms with Gasteiger partial charge in [-0.3, -0.25) is 0 Å². The molecule has 2 aliphatic carbocycles. The molecule has 2 rings (SSSR count). The molecule has 0 bridgehead atoms. The highest BCUT2D eigenvalue weighted by Crippen LogP contribution is 2.38. The van der Waals surface area contributed by atoms with Gasteiger partial charge in [0.2, 0.25) is 0 Å². The van der Waals surface area contributed by atoms with Crippen molar-refractivity contribution in [1.82, 2.24) is 0 Å². The van der Waals surface area contributed by atoms with E-state index in [1.165, 1.54) is 57.8 Å². The van der Waals surface area contributed by atoms with Crippen LogP contribution in [0.3, 0.4) is 0 Å². The second kappa shape index (κ2) is 5.80. The molecule has 84 valence electrons. The summed E-state index contributed by atoms with van der Waals surface area (Å²) in [7, 11) is 0. The Bertz CT molecular complexity index is 221. The highest BCUT2D eigenvalue weighted by Gasteiger charge is 2.28. The van der Waals surface area contributed by atoms with E-state index in [0.717, 1.165) is 5.25 Å². The second-order valence-electron chi connectivity index (χ2n) is 4.99. The Morgan fingerprint density at radius 1 is 0.933 bits per heavy atom. The minimum absolute atomic E-state index is 0.301. The summed E-state index contributed by atoms with van der Waals surface area (Å²) in [6, 6.07) is 2.55. The van der Waals surface area contributed by atoms with Crippen LogP contribution in [0.15, 0.2) is 0 Å². The summed E-state index contributed by atoms with van der Waals surface area (Å²) in [5.74, 6) is 0.710. The average molecular weight is 223 g/mol. The van der Waals surface area contributed by atoms with E-state index in [-0.39, 0.29) is 0 Å². The van der Waals surface area contributed by atoms with E-state index in [9.17, 15) is 5.26 Å². The molecule has 0 saturated heterocycles. The summed E-state index contributed by atoms with van der Waals surface area (Å²) in [6.45, 7) is 0. The number of thioether (sulfide) groups is 1. The van der Waals surface area contributed by atoms with Crippen LogP contribution in [0.1, 0.15) is 57.8 Å². The summed E-state index contributed by atoms with van der Waals surface area (Å²) >= 11 is 2.00. The maximum Gasteiger partial charge on any atom is 0.0947 e. The number of hydrogen-bond donors (Lipinski definition) is 0. The number of nitriles is 1. The van der Waals surface area contributed by atoms with E-state index >= 15 is 0 Å². The van der Waals surface area contributed by atoms with E-state index in [4.69, 9.17) is 0 Å². The maximum atomic E-state index is 9.25. The lowest BCUT2D eigenvalue weighted by Crippen LogP contribution is -2.18. The van der Waals surface area contributed by atoms with Crippen molar-refractivity contribution in [3.8, 4) is 6.07 Å². The maximum absolute atomic E-state index is 9.25. The van der Waals surface area contributed by atoms with Gasteiger partial charge in [0.1, 0.15) is 0 Å². The highest BCUT2D eigenvalue weighted by molar-refractivity contribution is 8.00. The fraction of sp³-hybridized carbons (Fsp3) is 0.923. The molecule has 2 aliphatic rings. The quantitative estimate of drug-likeness (QED) is 0.718. The standard InChI is InChI=1S/C13H21NS/c14-10-13(11-6-4-5-7-11)15-12-8-2-1-3-9-12/h11-13H,1-9H2. The largest absolute Gasteiger partial charge is 0.197 e. The predicted molar refractivity (Wildman–Crippen MR) is 65.8 cm³/mol. The van der Waals surface area contributed by atoms with E-state index in [1.807, 2.05) is 11.8 Å². The van der Waals surface area contributed by atoms with Crippen molar-refractivity contribution < 1.29 is 0 Å². The molecule has 2 fully saturated rings. The van der Waals surface area contributed by atoms with Crippen LogP contribution in [0.25, 0.3) is 0 Å². The molecule has 15 heavy (non-hydrogen) atoms. The smallest absolute Gasteiger partial charge is 0.0947 e. The third kappa shape index (κ3) is 3.14. The Kier molecular flexibility index (Phi) is 4.38. The first-order chi connectivity index (χ1) is 7.40. The van der Waals surface area contributed by atoms with Gasteiger partial charge in [-0.1, -0.05) is 32.1 Å². The molecule has 0 aliphatic heterocycles. The van der Waals surface area contributed by atoms with Gasteiger partial charge in [0, 0.05) is 5.25 Å². The molecule has 0 radical (unpaired) electrons. The van der Waals surface area contributed by atoms with Crippen LogP contribution in [0.2, 0.25) is 0 Å². The van der Waals surface area contributed by atoms with E-state index in [1.54, 1.807) is 0 Å². The molecule has 0 spiro atoms. The van der Waals surface area contributed by atoms with Gasteiger partial charge < -0.3 is 0 Å². The molecule has 2 saturated carbocycles. The summed E-state index contributed by atoms with van der Waals surface area (Å²) in [5, 5.41) is 10.3. The Labute approximate surface area is 97.6 Å². The predicted octanol–water partition coefficient (Wildman–Crippen LogP) is 4.13. The van der Waals surface area contributed by atoms with Crippen LogP contribution in [-0.2, 0) is 0 Å². The molecule has 0 amide bonds. The fourth-order valence-corrected chi connectivity index (χ4v) is 4.49. The summed E-state index contributed by atoms with van der Waals surface area (Å²) in [4.78, 5) is 0. The molecule has 1 atom stereocenters. The Balaban J connectivity index is 1.81. The molecular formula is C13H21NS. The van der Waals surface area contributed by atoms with E-state index < -0.39 is 0 Å². The lowest BCUT2D eigenvalue weighted by atomic mass is 10.0.